The summed E-state index contributed by atoms with van der Waals surface area (Å²) in [6, 6.07) is 57.9. The van der Waals surface area contributed by atoms with Crippen LogP contribution in [0.1, 0.15) is 25.0 Å². The van der Waals surface area contributed by atoms with Gasteiger partial charge in [0.05, 0.1) is 0 Å². The summed E-state index contributed by atoms with van der Waals surface area (Å²) in [5.41, 5.74) is 15.5. The summed E-state index contributed by atoms with van der Waals surface area (Å²) in [6.07, 6.45) is 0. The molecule has 7 aromatic rings. The van der Waals surface area contributed by atoms with Crippen LogP contribution < -0.4 is 0 Å². The second-order valence-corrected chi connectivity index (χ2v) is 12.2. The van der Waals surface area contributed by atoms with Crippen LogP contribution >= 0.6 is 0 Å². The van der Waals surface area contributed by atoms with E-state index in [0.29, 0.717) is 0 Å². The van der Waals surface area contributed by atoms with Crippen LogP contribution in [-0.2, 0) is 5.41 Å². The highest BCUT2D eigenvalue weighted by molar-refractivity contribution is 5.97. The molecule has 204 valence electrons. The van der Waals surface area contributed by atoms with Crippen molar-refractivity contribution in [3.05, 3.63) is 169 Å². The van der Waals surface area contributed by atoms with E-state index in [9.17, 15) is 0 Å². The van der Waals surface area contributed by atoms with Gasteiger partial charge in [0.15, 0.2) is 0 Å². The quantitative estimate of drug-likeness (QED) is 0.205. The molecule has 0 heterocycles. The first-order chi connectivity index (χ1) is 21.1. The lowest BCUT2D eigenvalue weighted by atomic mass is 9.81. The molecule has 0 atom stereocenters. The number of hydrogen-bond donors (Lipinski definition) is 0. The van der Waals surface area contributed by atoms with Crippen LogP contribution in [0.2, 0.25) is 0 Å². The molecule has 0 N–H and O–H groups in total. The summed E-state index contributed by atoms with van der Waals surface area (Å²) in [5, 5.41) is 2.55. The maximum atomic E-state index is 2.41. The monoisotopic (exact) mass is 548 g/mol. The fourth-order valence-electron chi connectivity index (χ4n) is 6.98. The minimum absolute atomic E-state index is 0.00550. The molecule has 0 unspecified atom stereocenters. The summed E-state index contributed by atoms with van der Waals surface area (Å²) in [6.45, 7) is 4.69. The number of rotatable bonds is 4. The highest BCUT2D eigenvalue weighted by Gasteiger charge is 2.35. The second kappa shape index (κ2) is 9.96. The van der Waals surface area contributed by atoms with E-state index >= 15 is 0 Å². The Morgan fingerprint density at radius 1 is 0.326 bits per heavy atom. The molecule has 0 aromatic heterocycles. The number of benzene rings is 7. The zero-order chi connectivity index (χ0) is 29.0. The Hall–Kier alpha value is -5.20. The van der Waals surface area contributed by atoms with Crippen LogP contribution in [0.25, 0.3) is 66.4 Å². The van der Waals surface area contributed by atoms with Crippen molar-refractivity contribution in [1.29, 1.82) is 0 Å². The van der Waals surface area contributed by atoms with E-state index in [1.54, 1.807) is 0 Å². The average molecular weight is 549 g/mol. The standard InChI is InChI=1S/C43H32/c1-43(2)41-22-6-5-20-39(41)40-24-23-35(28-42(40)43)33-16-8-14-31(26-33)30-13-7-15-32(25-30)34-17-9-18-36(27-34)38-21-10-12-29-11-3-4-19-37(29)38/h3-28H,1-2H3. The topological polar surface area (TPSA) is 0 Å². The maximum absolute atomic E-state index is 2.41. The molecule has 0 bridgehead atoms. The van der Waals surface area contributed by atoms with E-state index in [-0.39, 0.29) is 5.41 Å². The van der Waals surface area contributed by atoms with Gasteiger partial charge in [-0.3, -0.25) is 0 Å². The first-order valence-corrected chi connectivity index (χ1v) is 15.1. The molecule has 0 fully saturated rings. The highest BCUT2D eigenvalue weighted by Crippen LogP contribution is 2.49. The largest absolute Gasteiger partial charge is 0.0619 e. The third kappa shape index (κ3) is 4.30. The predicted molar refractivity (Wildman–Crippen MR) is 183 cm³/mol. The Balaban J connectivity index is 1.15. The summed E-state index contributed by atoms with van der Waals surface area (Å²) in [4.78, 5) is 0. The van der Waals surface area contributed by atoms with Crippen molar-refractivity contribution < 1.29 is 0 Å². The van der Waals surface area contributed by atoms with Gasteiger partial charge in [0.2, 0.25) is 0 Å². The van der Waals surface area contributed by atoms with Crippen LogP contribution in [-0.4, -0.2) is 0 Å². The molecule has 7 aromatic carbocycles. The molecule has 8 rings (SSSR count). The predicted octanol–water partition coefficient (Wildman–Crippen LogP) is 11.8. The van der Waals surface area contributed by atoms with Crippen LogP contribution in [0.3, 0.4) is 0 Å². The van der Waals surface area contributed by atoms with Crippen molar-refractivity contribution in [2.75, 3.05) is 0 Å². The molecule has 0 amide bonds. The van der Waals surface area contributed by atoms with E-state index in [2.05, 4.69) is 172 Å². The van der Waals surface area contributed by atoms with Crippen LogP contribution in [0.4, 0.5) is 0 Å². The molecule has 0 heteroatoms. The average Bonchev–Trinajstić information content (AvgIpc) is 3.30. The van der Waals surface area contributed by atoms with Crippen LogP contribution in [0, 0.1) is 0 Å². The third-order valence-electron chi connectivity index (χ3n) is 9.27. The summed E-state index contributed by atoms with van der Waals surface area (Å²) in [7, 11) is 0. The smallest absolute Gasteiger partial charge is 0.0159 e. The van der Waals surface area contributed by atoms with Gasteiger partial charge >= 0.3 is 0 Å². The Morgan fingerprint density at radius 3 is 1.49 bits per heavy atom. The fraction of sp³-hybridized carbons (Fsp3) is 0.0698. The molecule has 0 saturated carbocycles. The molecule has 0 radical (unpaired) electrons. The molecule has 43 heavy (non-hydrogen) atoms. The highest BCUT2D eigenvalue weighted by atomic mass is 14.4. The molecular formula is C43H32. The molecule has 1 aliphatic carbocycles. The molecule has 0 nitrogen and oxygen atoms in total. The first kappa shape index (κ1) is 25.5. The van der Waals surface area contributed by atoms with Gasteiger partial charge in [-0.15, -0.1) is 0 Å². The van der Waals surface area contributed by atoms with Crippen molar-refractivity contribution in [3.63, 3.8) is 0 Å². The summed E-state index contributed by atoms with van der Waals surface area (Å²) < 4.78 is 0. The second-order valence-electron chi connectivity index (χ2n) is 12.2. The Bertz CT molecular complexity index is 2160. The van der Waals surface area contributed by atoms with Gasteiger partial charge in [0.1, 0.15) is 0 Å². The van der Waals surface area contributed by atoms with E-state index in [0.717, 1.165) is 0 Å². The Morgan fingerprint density at radius 2 is 0.791 bits per heavy atom. The fourth-order valence-corrected chi connectivity index (χ4v) is 6.98. The molecule has 0 saturated heterocycles. The van der Waals surface area contributed by atoms with Crippen molar-refractivity contribution in [2.45, 2.75) is 19.3 Å². The Labute approximate surface area is 253 Å². The normalized spacial score (nSPS) is 13.1. The van der Waals surface area contributed by atoms with Crippen LogP contribution in [0.15, 0.2) is 158 Å². The zero-order valence-electron chi connectivity index (χ0n) is 24.5. The summed E-state index contributed by atoms with van der Waals surface area (Å²) in [5.74, 6) is 0. The minimum atomic E-state index is -0.00550. The third-order valence-corrected chi connectivity index (χ3v) is 9.27. The van der Waals surface area contributed by atoms with Crippen LogP contribution in [0.5, 0.6) is 0 Å². The SMILES string of the molecule is CC1(C)c2ccccc2-c2ccc(-c3cccc(-c4cccc(-c5cccc(-c6cccc7ccccc67)c5)c4)c3)cc21. The van der Waals surface area contributed by atoms with Gasteiger partial charge < -0.3 is 0 Å². The number of fused-ring (bicyclic) bond motifs is 4. The molecule has 0 aliphatic heterocycles. The van der Waals surface area contributed by atoms with E-state index in [1.165, 1.54) is 77.5 Å². The lowest BCUT2D eigenvalue weighted by Gasteiger charge is -2.22. The van der Waals surface area contributed by atoms with Gasteiger partial charge in [0, 0.05) is 5.41 Å². The lowest BCUT2D eigenvalue weighted by Crippen LogP contribution is -2.14. The molecular weight excluding hydrogens is 516 g/mol. The molecule has 1 aliphatic rings. The van der Waals surface area contributed by atoms with E-state index in [4.69, 9.17) is 0 Å². The van der Waals surface area contributed by atoms with Gasteiger partial charge in [-0.1, -0.05) is 147 Å². The lowest BCUT2D eigenvalue weighted by molar-refractivity contribution is 0.660. The number of hydrogen-bond acceptors (Lipinski definition) is 0. The maximum Gasteiger partial charge on any atom is 0.0159 e. The van der Waals surface area contributed by atoms with Crippen molar-refractivity contribution in [1.82, 2.24) is 0 Å². The van der Waals surface area contributed by atoms with Gasteiger partial charge in [0.25, 0.3) is 0 Å². The zero-order valence-corrected chi connectivity index (χ0v) is 24.5. The first-order valence-electron chi connectivity index (χ1n) is 15.1. The van der Waals surface area contributed by atoms with Crippen molar-refractivity contribution in [2.24, 2.45) is 0 Å². The Kier molecular flexibility index (Phi) is 5.91. The van der Waals surface area contributed by atoms with Crippen molar-refractivity contribution in [3.8, 4) is 55.6 Å². The molecule has 0 spiro atoms. The van der Waals surface area contributed by atoms with Crippen molar-refractivity contribution >= 4 is 10.8 Å². The van der Waals surface area contributed by atoms with E-state index in [1.807, 2.05) is 0 Å². The van der Waals surface area contributed by atoms with Gasteiger partial charge in [-0.2, -0.15) is 0 Å². The van der Waals surface area contributed by atoms with E-state index < -0.39 is 0 Å². The summed E-state index contributed by atoms with van der Waals surface area (Å²) >= 11 is 0. The van der Waals surface area contributed by atoms with Gasteiger partial charge in [-0.25, -0.2) is 0 Å². The van der Waals surface area contributed by atoms with Gasteiger partial charge in [-0.05, 0) is 102 Å². The minimum Gasteiger partial charge on any atom is -0.0619 e.